The van der Waals surface area contributed by atoms with Crippen LogP contribution in [0.1, 0.15) is 17.3 Å². The molecule has 0 aliphatic heterocycles. The number of hydrogen-bond acceptors (Lipinski definition) is 6. The molecule has 0 heterocycles. The first kappa shape index (κ1) is 16.3. The Morgan fingerprint density at radius 2 is 2.00 bits per heavy atom. The third-order valence-corrected chi connectivity index (χ3v) is 2.23. The van der Waals surface area contributed by atoms with Crippen LogP contribution in [-0.4, -0.2) is 30.5 Å². The number of alkyl halides is 2. The van der Waals surface area contributed by atoms with E-state index in [1.54, 1.807) is 0 Å². The predicted octanol–water partition coefficient (Wildman–Crippen LogP) is 1.94. The monoisotopic (exact) mass is 304 g/mol. The van der Waals surface area contributed by atoms with Crippen molar-refractivity contribution in [2.24, 2.45) is 0 Å². The van der Waals surface area contributed by atoms with Crippen molar-refractivity contribution in [2.45, 2.75) is 13.5 Å². The molecule has 0 bridgehead atoms. The molecular weight excluding hydrogens is 294 g/mol. The van der Waals surface area contributed by atoms with Crippen molar-refractivity contribution in [3.8, 4) is 5.75 Å². The van der Waals surface area contributed by atoms with Crippen molar-refractivity contribution < 1.29 is 32.8 Å². The van der Waals surface area contributed by atoms with Crippen molar-refractivity contribution in [3.63, 3.8) is 0 Å². The number of nitro groups is 1. The Balaban J connectivity index is 3.48. The summed E-state index contributed by atoms with van der Waals surface area (Å²) in [6.45, 7) is -2.20. The Morgan fingerprint density at radius 1 is 1.38 bits per heavy atom. The zero-order chi connectivity index (χ0) is 16.2. The molecule has 1 aromatic carbocycles. The number of ether oxygens (including phenoxy) is 2. The third-order valence-electron chi connectivity index (χ3n) is 2.23. The Bertz CT molecular complexity index is 590. The third kappa shape index (κ3) is 4.09. The molecule has 1 amide bonds. The van der Waals surface area contributed by atoms with E-state index in [0.717, 1.165) is 20.1 Å². The molecule has 0 aliphatic carbocycles. The first-order valence-electron chi connectivity index (χ1n) is 5.39. The standard InChI is InChI=1S/C11H10F2N2O6/c1-5(16)14-7-3-6(10(17)20-2)9(21-11(12)13)4-8(7)15(18)19/h3-4,11H,1-2H3,(H,14,16). The van der Waals surface area contributed by atoms with E-state index in [1.807, 2.05) is 0 Å². The molecule has 21 heavy (non-hydrogen) atoms. The van der Waals surface area contributed by atoms with Crippen LogP contribution in [-0.2, 0) is 9.53 Å². The molecular formula is C11H10F2N2O6. The van der Waals surface area contributed by atoms with Gasteiger partial charge in [0.2, 0.25) is 5.91 Å². The van der Waals surface area contributed by atoms with Gasteiger partial charge in [-0.15, -0.1) is 0 Å². The summed E-state index contributed by atoms with van der Waals surface area (Å²) >= 11 is 0. The summed E-state index contributed by atoms with van der Waals surface area (Å²) in [5.74, 6) is -2.42. The average Bonchev–Trinajstić information content (AvgIpc) is 2.37. The van der Waals surface area contributed by atoms with Crippen LogP contribution in [0.2, 0.25) is 0 Å². The molecule has 0 aliphatic rings. The number of amides is 1. The zero-order valence-electron chi connectivity index (χ0n) is 10.9. The highest BCUT2D eigenvalue weighted by Crippen LogP contribution is 2.34. The number of benzene rings is 1. The molecule has 0 aromatic heterocycles. The van der Waals surface area contributed by atoms with E-state index >= 15 is 0 Å². The molecule has 0 spiro atoms. The number of nitrogens with one attached hydrogen (secondary N) is 1. The van der Waals surface area contributed by atoms with E-state index in [0.29, 0.717) is 6.07 Å². The topological polar surface area (TPSA) is 108 Å². The van der Waals surface area contributed by atoms with Crippen LogP contribution in [0.5, 0.6) is 5.75 Å². The molecule has 10 heteroatoms. The number of hydrogen-bond donors (Lipinski definition) is 1. The summed E-state index contributed by atoms with van der Waals surface area (Å²) in [6, 6.07) is 1.45. The molecule has 0 fully saturated rings. The van der Waals surface area contributed by atoms with Gasteiger partial charge in [0.1, 0.15) is 17.0 Å². The van der Waals surface area contributed by atoms with E-state index in [1.165, 1.54) is 0 Å². The Hall–Kier alpha value is -2.78. The molecule has 1 N–H and O–H groups in total. The normalized spacial score (nSPS) is 10.1. The number of carbonyl (C=O) groups is 2. The summed E-state index contributed by atoms with van der Waals surface area (Å²) in [5, 5.41) is 13.0. The van der Waals surface area contributed by atoms with Crippen LogP contribution < -0.4 is 10.1 Å². The molecule has 114 valence electrons. The molecule has 8 nitrogen and oxygen atoms in total. The van der Waals surface area contributed by atoms with Crippen LogP contribution >= 0.6 is 0 Å². The van der Waals surface area contributed by atoms with Gasteiger partial charge in [-0.2, -0.15) is 8.78 Å². The maximum absolute atomic E-state index is 12.3. The fourth-order valence-corrected chi connectivity index (χ4v) is 1.47. The van der Waals surface area contributed by atoms with Gasteiger partial charge in [-0.1, -0.05) is 0 Å². The quantitative estimate of drug-likeness (QED) is 0.506. The van der Waals surface area contributed by atoms with Crippen molar-refractivity contribution in [1.29, 1.82) is 0 Å². The second-order valence-corrected chi connectivity index (χ2v) is 3.67. The Morgan fingerprint density at radius 3 is 2.43 bits per heavy atom. The van der Waals surface area contributed by atoms with E-state index in [4.69, 9.17) is 0 Å². The average molecular weight is 304 g/mol. The summed E-state index contributed by atoms with van der Waals surface area (Å²) in [6.07, 6.45) is 0. The van der Waals surface area contributed by atoms with Crippen molar-refractivity contribution >= 4 is 23.3 Å². The second kappa shape index (κ2) is 6.59. The van der Waals surface area contributed by atoms with E-state index in [2.05, 4.69) is 14.8 Å². The predicted molar refractivity (Wildman–Crippen MR) is 65.4 cm³/mol. The fraction of sp³-hybridized carbons (Fsp3) is 0.273. The lowest BCUT2D eigenvalue weighted by molar-refractivity contribution is -0.384. The minimum Gasteiger partial charge on any atom is -0.465 e. The first-order chi connectivity index (χ1) is 9.76. The highest BCUT2D eigenvalue weighted by atomic mass is 19.3. The van der Waals surface area contributed by atoms with E-state index in [9.17, 15) is 28.5 Å². The zero-order valence-corrected chi connectivity index (χ0v) is 10.9. The van der Waals surface area contributed by atoms with Gasteiger partial charge in [-0.25, -0.2) is 4.79 Å². The number of halogens is 2. The largest absolute Gasteiger partial charge is 0.465 e. The van der Waals surface area contributed by atoms with Crippen LogP contribution in [0, 0.1) is 10.1 Å². The Labute approximate surface area is 116 Å². The highest BCUT2D eigenvalue weighted by molar-refractivity contribution is 5.98. The molecule has 0 unspecified atom stereocenters. The second-order valence-electron chi connectivity index (χ2n) is 3.67. The summed E-state index contributed by atoms with van der Waals surface area (Å²) < 4.78 is 33.0. The van der Waals surface area contributed by atoms with Crippen molar-refractivity contribution in [2.75, 3.05) is 12.4 Å². The lowest BCUT2D eigenvalue weighted by Crippen LogP contribution is -2.13. The molecule has 0 saturated heterocycles. The van der Waals surface area contributed by atoms with Gasteiger partial charge < -0.3 is 14.8 Å². The fourth-order valence-electron chi connectivity index (χ4n) is 1.47. The van der Waals surface area contributed by atoms with Gasteiger partial charge in [0.25, 0.3) is 5.69 Å². The van der Waals surface area contributed by atoms with E-state index in [-0.39, 0.29) is 5.69 Å². The van der Waals surface area contributed by atoms with Crippen molar-refractivity contribution in [3.05, 3.63) is 27.8 Å². The smallest absolute Gasteiger partial charge is 0.387 e. The number of methoxy groups -OCH3 is 1. The highest BCUT2D eigenvalue weighted by Gasteiger charge is 2.25. The lowest BCUT2D eigenvalue weighted by atomic mass is 10.1. The summed E-state index contributed by atoms with van der Waals surface area (Å²) in [7, 11) is 0.994. The van der Waals surface area contributed by atoms with Gasteiger partial charge in [0.15, 0.2) is 0 Å². The summed E-state index contributed by atoms with van der Waals surface area (Å²) in [4.78, 5) is 32.5. The van der Waals surface area contributed by atoms with E-state index < -0.39 is 40.4 Å². The van der Waals surface area contributed by atoms with Gasteiger partial charge in [-0.05, 0) is 6.07 Å². The number of anilines is 1. The number of esters is 1. The number of rotatable bonds is 5. The van der Waals surface area contributed by atoms with Gasteiger partial charge in [-0.3, -0.25) is 14.9 Å². The summed E-state index contributed by atoms with van der Waals surface area (Å²) in [5.41, 5.74) is -1.52. The SMILES string of the molecule is COC(=O)c1cc(NC(C)=O)c([N+](=O)[O-])cc1OC(F)F. The number of carbonyl (C=O) groups excluding carboxylic acids is 2. The minimum atomic E-state index is -3.29. The van der Waals surface area contributed by atoms with Gasteiger partial charge >= 0.3 is 12.6 Å². The number of nitrogens with zero attached hydrogens (tertiary/aromatic N) is 1. The first-order valence-corrected chi connectivity index (χ1v) is 5.39. The lowest BCUT2D eigenvalue weighted by Gasteiger charge is -2.12. The maximum Gasteiger partial charge on any atom is 0.387 e. The molecule has 0 atom stereocenters. The minimum absolute atomic E-state index is 0.338. The Kier molecular flexibility index (Phi) is 5.11. The number of nitro benzene ring substituents is 1. The van der Waals surface area contributed by atoms with Crippen LogP contribution in [0.4, 0.5) is 20.2 Å². The molecule has 1 aromatic rings. The van der Waals surface area contributed by atoms with Crippen molar-refractivity contribution in [1.82, 2.24) is 0 Å². The molecule has 0 radical (unpaired) electrons. The van der Waals surface area contributed by atoms with Gasteiger partial charge in [0, 0.05) is 6.92 Å². The van der Waals surface area contributed by atoms with Crippen LogP contribution in [0.15, 0.2) is 12.1 Å². The molecule has 0 saturated carbocycles. The van der Waals surface area contributed by atoms with Crippen LogP contribution in [0.25, 0.3) is 0 Å². The van der Waals surface area contributed by atoms with Gasteiger partial charge in [0.05, 0.1) is 18.1 Å². The molecule has 1 rings (SSSR count). The maximum atomic E-state index is 12.3. The van der Waals surface area contributed by atoms with Crippen LogP contribution in [0.3, 0.4) is 0 Å².